The first-order valence-corrected chi connectivity index (χ1v) is 7.75. The van der Waals surface area contributed by atoms with Crippen molar-refractivity contribution in [3.63, 3.8) is 0 Å². The van der Waals surface area contributed by atoms with E-state index in [9.17, 15) is 110 Å². The maximum Gasteiger partial charge on any atom is 0.460 e. The number of ether oxygens (including phenoxy) is 1. The highest BCUT2D eigenvalue weighted by molar-refractivity contribution is 5.10. The average Bonchev–Trinajstić information content (AvgIpc) is 2.55. The third-order valence-corrected chi connectivity index (χ3v) is 3.99. The molecule has 0 aromatic carbocycles. The van der Waals surface area contributed by atoms with E-state index in [1.165, 1.54) is 0 Å². The van der Waals surface area contributed by atoms with Crippen LogP contribution in [0.4, 0.5) is 110 Å². The van der Waals surface area contributed by atoms with Gasteiger partial charge in [-0.2, -0.15) is 105 Å². The van der Waals surface area contributed by atoms with E-state index in [2.05, 4.69) is 0 Å². The summed E-state index contributed by atoms with van der Waals surface area (Å²) in [5.74, 6) is -60.9. The van der Waals surface area contributed by atoms with Crippen LogP contribution in [0.25, 0.3) is 0 Å². The van der Waals surface area contributed by atoms with Crippen LogP contribution in [-0.2, 0) is 4.74 Å². The first-order valence-electron chi connectivity index (χ1n) is 7.75. The van der Waals surface area contributed by atoms with Crippen molar-refractivity contribution in [2.24, 2.45) is 5.92 Å². The van der Waals surface area contributed by atoms with Gasteiger partial charge in [-0.25, -0.2) is 4.39 Å². The second kappa shape index (κ2) is 8.86. The Morgan fingerprint density at radius 3 is 0.816 bits per heavy atom. The Hall–Kier alpha value is -1.79. The lowest BCUT2D eigenvalue weighted by Gasteiger charge is -2.44. The van der Waals surface area contributed by atoms with E-state index in [-0.39, 0.29) is 0 Å². The quantitative estimate of drug-likeness (QED) is 0.244. The van der Waals surface area contributed by atoms with Crippen molar-refractivity contribution >= 4 is 0 Å². The van der Waals surface area contributed by atoms with Crippen LogP contribution in [0, 0.1) is 5.92 Å². The second-order valence-electron chi connectivity index (χ2n) is 6.65. The zero-order chi connectivity index (χ0) is 31.8. The normalized spacial score (nSPS) is 18.2. The van der Waals surface area contributed by atoms with Gasteiger partial charge in [0.15, 0.2) is 0 Å². The summed E-state index contributed by atoms with van der Waals surface area (Å²) in [5, 5.41) is 0. The Morgan fingerprint density at radius 1 is 0.316 bits per heavy atom. The fourth-order valence-electron chi connectivity index (χ4n) is 2.11. The topological polar surface area (TPSA) is 9.23 Å². The zero-order valence-corrected chi connectivity index (χ0v) is 15.9. The summed E-state index contributed by atoms with van der Waals surface area (Å²) >= 11 is 0. The van der Waals surface area contributed by atoms with E-state index >= 15 is 0 Å². The summed E-state index contributed by atoms with van der Waals surface area (Å²) in [6.07, 6.45) is -41.7. The van der Waals surface area contributed by atoms with Crippen LogP contribution < -0.4 is 0 Å². The van der Waals surface area contributed by atoms with Gasteiger partial charge in [-0.3, -0.25) is 4.74 Å². The summed E-state index contributed by atoms with van der Waals surface area (Å²) in [5.41, 5.74) is 0. The average molecular weight is 636 g/mol. The SMILES string of the molecule is FC(F)(F)C(C(F)(F)F)C(F)(OC(F)(F)C(F)(F)C(F)(F)C(F)(F)C(F)(F)C(F)(F)F)C(F)(F)C(F)(F)F. The number of alkyl halides is 25. The second-order valence-corrected chi connectivity index (χ2v) is 6.65. The largest absolute Gasteiger partial charge is 0.460 e. The minimum atomic E-state index is -9.21. The van der Waals surface area contributed by atoms with E-state index in [0.717, 1.165) is 4.74 Å². The van der Waals surface area contributed by atoms with Crippen LogP contribution >= 0.6 is 0 Å². The summed E-state index contributed by atoms with van der Waals surface area (Å²) in [6, 6.07) is 0. The number of hydrogen-bond donors (Lipinski definition) is 0. The van der Waals surface area contributed by atoms with E-state index in [4.69, 9.17) is 0 Å². The molecule has 0 heterocycles. The molecule has 0 amide bonds. The van der Waals surface area contributed by atoms with Gasteiger partial charge in [-0.1, -0.05) is 0 Å². The lowest BCUT2D eigenvalue weighted by molar-refractivity contribution is -0.525. The van der Waals surface area contributed by atoms with E-state index in [1.54, 1.807) is 0 Å². The van der Waals surface area contributed by atoms with Gasteiger partial charge in [0.05, 0.1) is 0 Å². The van der Waals surface area contributed by atoms with Gasteiger partial charge in [-0.05, 0) is 0 Å². The molecule has 1 nitrogen and oxygen atoms in total. The highest BCUT2D eigenvalue weighted by Crippen LogP contribution is 2.64. The van der Waals surface area contributed by atoms with Gasteiger partial charge in [0, 0.05) is 0 Å². The smallest absolute Gasteiger partial charge is 0.271 e. The highest BCUT2D eigenvalue weighted by Gasteiger charge is 2.93. The molecule has 1 atom stereocenters. The van der Waals surface area contributed by atoms with E-state index in [0.29, 0.717) is 0 Å². The maximum atomic E-state index is 14.1. The molecule has 0 aliphatic heterocycles. The Bertz CT molecular complexity index is 822. The van der Waals surface area contributed by atoms with Crippen molar-refractivity contribution in [2.75, 3.05) is 0 Å². The van der Waals surface area contributed by atoms with Crippen LogP contribution in [0.5, 0.6) is 0 Å². The number of hydrogen-bond acceptors (Lipinski definition) is 1. The van der Waals surface area contributed by atoms with Crippen LogP contribution in [-0.4, -0.2) is 66.3 Å². The Balaban J connectivity index is 7.47. The standard InChI is InChI=1S/C12HF25O/c13-2(5(20,21)10(30,31)32,1(3(14,15)16)4(17,18)19)38-12(36,37)9(28,29)7(24,25)6(22,23)8(26,27)11(33,34)35/h1H. The Kier molecular flexibility index (Phi) is 8.44. The van der Waals surface area contributed by atoms with Gasteiger partial charge in [0.1, 0.15) is 0 Å². The molecule has 0 fully saturated rings. The molecule has 0 saturated carbocycles. The summed E-state index contributed by atoms with van der Waals surface area (Å²) in [4.78, 5) is 0. The lowest BCUT2D eigenvalue weighted by atomic mass is 9.91. The third kappa shape index (κ3) is 5.20. The van der Waals surface area contributed by atoms with E-state index in [1.807, 2.05) is 0 Å². The maximum absolute atomic E-state index is 14.1. The summed E-state index contributed by atoms with van der Waals surface area (Å²) in [7, 11) is 0. The van der Waals surface area contributed by atoms with Gasteiger partial charge in [-0.15, -0.1) is 0 Å². The molecule has 0 rings (SSSR count). The van der Waals surface area contributed by atoms with Crippen molar-refractivity contribution in [1.29, 1.82) is 0 Å². The first kappa shape index (κ1) is 36.2. The van der Waals surface area contributed by atoms with Crippen LogP contribution in [0.1, 0.15) is 0 Å². The van der Waals surface area contributed by atoms with Crippen molar-refractivity contribution in [2.45, 2.75) is 66.3 Å². The van der Waals surface area contributed by atoms with Gasteiger partial charge >= 0.3 is 66.3 Å². The van der Waals surface area contributed by atoms with Crippen molar-refractivity contribution in [3.05, 3.63) is 0 Å². The van der Waals surface area contributed by atoms with Crippen molar-refractivity contribution in [3.8, 4) is 0 Å². The molecular weight excluding hydrogens is 635 g/mol. The van der Waals surface area contributed by atoms with Crippen LogP contribution in [0.15, 0.2) is 0 Å². The fourth-order valence-corrected chi connectivity index (χ4v) is 2.11. The predicted octanol–water partition coefficient (Wildman–Crippen LogP) is 8.30. The molecule has 0 aliphatic carbocycles. The molecular formula is C12HF25O. The number of halogens is 25. The molecule has 0 aromatic rings. The zero-order valence-electron chi connectivity index (χ0n) is 15.9. The summed E-state index contributed by atoms with van der Waals surface area (Å²) in [6.45, 7) is 0. The molecule has 26 heteroatoms. The molecule has 0 N–H and O–H groups in total. The molecule has 0 radical (unpaired) electrons. The predicted molar refractivity (Wildman–Crippen MR) is 62.3 cm³/mol. The number of rotatable bonds is 8. The highest BCUT2D eigenvalue weighted by atomic mass is 19.4. The first-order chi connectivity index (χ1) is 15.8. The molecule has 0 spiro atoms. The van der Waals surface area contributed by atoms with Crippen molar-refractivity contribution in [1.82, 2.24) is 0 Å². The lowest BCUT2D eigenvalue weighted by Crippen LogP contribution is -2.73. The minimum Gasteiger partial charge on any atom is -0.271 e. The summed E-state index contributed by atoms with van der Waals surface area (Å²) < 4.78 is 321. The van der Waals surface area contributed by atoms with Crippen molar-refractivity contribution < 1.29 is 114 Å². The molecule has 0 bridgehead atoms. The molecule has 0 aliphatic rings. The van der Waals surface area contributed by atoms with Gasteiger partial charge in [0.25, 0.3) is 0 Å². The molecule has 230 valence electrons. The van der Waals surface area contributed by atoms with Crippen LogP contribution in [0.2, 0.25) is 0 Å². The fraction of sp³-hybridized carbons (Fsp3) is 1.00. The van der Waals surface area contributed by atoms with E-state index < -0.39 is 72.2 Å². The Labute approximate surface area is 188 Å². The van der Waals surface area contributed by atoms with Crippen LogP contribution in [0.3, 0.4) is 0 Å². The molecule has 0 saturated heterocycles. The Morgan fingerprint density at radius 2 is 0.579 bits per heavy atom. The van der Waals surface area contributed by atoms with Gasteiger partial charge in [0.2, 0.25) is 5.92 Å². The van der Waals surface area contributed by atoms with Gasteiger partial charge < -0.3 is 0 Å². The monoisotopic (exact) mass is 636 g/mol. The minimum absolute atomic E-state index is 0.877. The molecule has 1 unspecified atom stereocenters. The molecule has 0 aromatic heterocycles. The molecule has 38 heavy (non-hydrogen) atoms. The third-order valence-electron chi connectivity index (χ3n) is 3.99.